The molecule has 3 rings (SSSR count). The van der Waals surface area contributed by atoms with Crippen LogP contribution in [0.3, 0.4) is 0 Å². The monoisotopic (exact) mass is 354 g/mol. The Bertz CT molecular complexity index is 641. The van der Waals surface area contributed by atoms with E-state index in [1.807, 2.05) is 6.92 Å². The Morgan fingerprint density at radius 1 is 0.960 bits per heavy atom. The number of rotatable bonds is 5. The van der Waals surface area contributed by atoms with Gasteiger partial charge >= 0.3 is 0 Å². The minimum Gasteiger partial charge on any atom is -0.407 e. The van der Waals surface area contributed by atoms with Gasteiger partial charge in [-0.15, -0.1) is 0 Å². The van der Waals surface area contributed by atoms with Gasteiger partial charge in [-0.3, -0.25) is 0 Å². The fourth-order valence-electron chi connectivity index (χ4n) is 4.31. The van der Waals surface area contributed by atoms with Crippen molar-refractivity contribution < 1.29 is 9.53 Å². The fraction of sp³-hybridized carbons (Fsp3) is 0.455. The third-order valence-corrected chi connectivity index (χ3v) is 10.4. The molecule has 0 heterocycles. The summed E-state index contributed by atoms with van der Waals surface area (Å²) < 4.78 is 6.89. The lowest BCUT2D eigenvalue weighted by molar-refractivity contribution is -0.0701. The summed E-state index contributed by atoms with van der Waals surface area (Å²) in [6, 6.07) is 21.5. The molecule has 0 saturated heterocycles. The second-order valence-electron chi connectivity index (χ2n) is 8.75. The number of benzene rings is 2. The Morgan fingerprint density at radius 3 is 1.76 bits per heavy atom. The first-order chi connectivity index (χ1) is 11.7. The molecule has 0 bridgehead atoms. The van der Waals surface area contributed by atoms with Crippen LogP contribution in [-0.2, 0) is 4.43 Å². The molecule has 1 aliphatic carbocycles. The largest absolute Gasteiger partial charge is 0.407 e. The Kier molecular flexibility index (Phi) is 4.93. The van der Waals surface area contributed by atoms with Crippen LogP contribution in [0.4, 0.5) is 0 Å². The van der Waals surface area contributed by atoms with E-state index in [9.17, 15) is 5.11 Å². The predicted octanol–water partition coefficient (Wildman–Crippen LogP) is 3.72. The van der Waals surface area contributed by atoms with Crippen LogP contribution in [0.25, 0.3) is 0 Å². The summed E-state index contributed by atoms with van der Waals surface area (Å²) in [5.41, 5.74) is -0.501. The molecule has 2 aromatic rings. The minimum absolute atomic E-state index is 0.0158. The van der Waals surface area contributed by atoms with E-state index in [4.69, 9.17) is 4.43 Å². The molecule has 134 valence electrons. The Hall–Kier alpha value is -1.42. The zero-order chi connectivity index (χ0) is 18.1. The third kappa shape index (κ3) is 3.59. The summed E-state index contributed by atoms with van der Waals surface area (Å²) in [5, 5.41) is 12.7. The summed E-state index contributed by atoms with van der Waals surface area (Å²) >= 11 is 0. The van der Waals surface area contributed by atoms with Crippen LogP contribution in [-0.4, -0.2) is 25.6 Å². The summed E-state index contributed by atoms with van der Waals surface area (Å²) in [6.07, 6.45) is 1.68. The van der Waals surface area contributed by atoms with Gasteiger partial charge in [0.25, 0.3) is 8.32 Å². The minimum atomic E-state index is -2.42. The van der Waals surface area contributed by atoms with E-state index in [1.165, 1.54) is 10.4 Å². The maximum absolute atomic E-state index is 10.1. The van der Waals surface area contributed by atoms with Gasteiger partial charge in [-0.25, -0.2) is 0 Å². The average Bonchev–Trinajstić information content (AvgIpc) is 2.54. The van der Waals surface area contributed by atoms with Crippen molar-refractivity contribution in [2.45, 2.75) is 51.2 Å². The summed E-state index contributed by atoms with van der Waals surface area (Å²) in [4.78, 5) is 0. The zero-order valence-corrected chi connectivity index (χ0v) is 16.8. The Labute approximate surface area is 153 Å². The van der Waals surface area contributed by atoms with Gasteiger partial charge < -0.3 is 9.53 Å². The maximum Gasteiger partial charge on any atom is 0.261 e. The second-order valence-corrected chi connectivity index (χ2v) is 13.1. The molecular formula is C22H30O2Si. The lowest BCUT2D eigenvalue weighted by atomic mass is 9.73. The first kappa shape index (κ1) is 18.4. The van der Waals surface area contributed by atoms with Gasteiger partial charge in [0.05, 0.1) is 5.60 Å². The molecule has 2 aromatic carbocycles. The van der Waals surface area contributed by atoms with Gasteiger partial charge in [-0.2, -0.15) is 0 Å². The van der Waals surface area contributed by atoms with Crippen LogP contribution in [0, 0.1) is 5.92 Å². The Balaban J connectivity index is 2.00. The molecule has 0 aromatic heterocycles. The maximum atomic E-state index is 10.1. The topological polar surface area (TPSA) is 29.5 Å². The van der Waals surface area contributed by atoms with Gasteiger partial charge in [0.1, 0.15) is 0 Å². The summed E-state index contributed by atoms with van der Waals surface area (Å²) in [6.45, 7) is 9.55. The molecule has 3 heteroatoms. The van der Waals surface area contributed by atoms with Crippen LogP contribution in [0.5, 0.6) is 0 Å². The lowest BCUT2D eigenvalue weighted by Gasteiger charge is -2.46. The molecule has 25 heavy (non-hydrogen) atoms. The molecular weight excluding hydrogens is 324 g/mol. The molecule has 0 spiro atoms. The van der Waals surface area contributed by atoms with Crippen molar-refractivity contribution in [2.24, 2.45) is 5.92 Å². The molecule has 1 saturated carbocycles. The van der Waals surface area contributed by atoms with Crippen molar-refractivity contribution in [3.63, 3.8) is 0 Å². The van der Waals surface area contributed by atoms with Gasteiger partial charge in [0, 0.05) is 6.61 Å². The third-order valence-electron chi connectivity index (χ3n) is 5.41. The molecule has 0 unspecified atom stereocenters. The van der Waals surface area contributed by atoms with Gasteiger partial charge in [-0.1, -0.05) is 81.4 Å². The van der Waals surface area contributed by atoms with Crippen LogP contribution in [0.1, 0.15) is 40.5 Å². The van der Waals surface area contributed by atoms with Crippen molar-refractivity contribution in [3.8, 4) is 0 Å². The Morgan fingerprint density at radius 2 is 1.40 bits per heavy atom. The van der Waals surface area contributed by atoms with E-state index < -0.39 is 13.9 Å². The molecule has 0 aliphatic heterocycles. The highest BCUT2D eigenvalue weighted by Gasteiger charge is 2.51. The molecule has 0 amide bonds. The number of hydrogen-bond acceptors (Lipinski definition) is 2. The van der Waals surface area contributed by atoms with Crippen molar-refractivity contribution >= 4 is 18.7 Å². The summed E-state index contributed by atoms with van der Waals surface area (Å²) in [5.74, 6) is 0.455. The van der Waals surface area contributed by atoms with Crippen molar-refractivity contribution in [2.75, 3.05) is 6.61 Å². The molecule has 1 fully saturated rings. The highest BCUT2D eigenvalue weighted by atomic mass is 28.4. The first-order valence-electron chi connectivity index (χ1n) is 9.22. The van der Waals surface area contributed by atoms with Gasteiger partial charge in [0.15, 0.2) is 0 Å². The fourth-order valence-corrected chi connectivity index (χ4v) is 8.95. The zero-order valence-electron chi connectivity index (χ0n) is 15.8. The predicted molar refractivity (Wildman–Crippen MR) is 107 cm³/mol. The smallest absolute Gasteiger partial charge is 0.261 e. The SMILES string of the molecule is CC(C)(C)[Si](OC[C@H]1C[C@](C)(O)C1)(c1ccccc1)c1ccccc1. The van der Waals surface area contributed by atoms with Crippen LogP contribution in [0.15, 0.2) is 60.7 Å². The average molecular weight is 355 g/mol. The van der Waals surface area contributed by atoms with Gasteiger partial charge in [0.2, 0.25) is 0 Å². The molecule has 0 atom stereocenters. The van der Waals surface area contributed by atoms with Crippen LogP contribution < -0.4 is 10.4 Å². The van der Waals surface area contributed by atoms with E-state index in [2.05, 4.69) is 81.4 Å². The van der Waals surface area contributed by atoms with E-state index in [0.717, 1.165) is 19.4 Å². The van der Waals surface area contributed by atoms with E-state index >= 15 is 0 Å². The van der Waals surface area contributed by atoms with Crippen LogP contribution >= 0.6 is 0 Å². The van der Waals surface area contributed by atoms with Gasteiger partial charge in [-0.05, 0) is 41.1 Å². The van der Waals surface area contributed by atoms with Crippen LogP contribution in [0.2, 0.25) is 5.04 Å². The van der Waals surface area contributed by atoms with Crippen molar-refractivity contribution in [3.05, 3.63) is 60.7 Å². The highest BCUT2D eigenvalue weighted by Crippen LogP contribution is 2.41. The normalized spacial score (nSPS) is 24.0. The first-order valence-corrected chi connectivity index (χ1v) is 11.1. The second kappa shape index (κ2) is 6.71. The molecule has 2 nitrogen and oxygen atoms in total. The van der Waals surface area contributed by atoms with E-state index in [-0.39, 0.29) is 5.04 Å². The molecule has 1 aliphatic rings. The molecule has 1 N–H and O–H groups in total. The number of aliphatic hydroxyl groups is 1. The van der Waals surface area contributed by atoms with Crippen molar-refractivity contribution in [1.82, 2.24) is 0 Å². The van der Waals surface area contributed by atoms with Crippen molar-refractivity contribution in [1.29, 1.82) is 0 Å². The highest BCUT2D eigenvalue weighted by molar-refractivity contribution is 6.99. The molecule has 0 radical (unpaired) electrons. The number of hydrogen-bond donors (Lipinski definition) is 1. The quantitative estimate of drug-likeness (QED) is 0.829. The summed E-state index contributed by atoms with van der Waals surface area (Å²) in [7, 11) is -2.42. The van der Waals surface area contributed by atoms with E-state index in [0.29, 0.717) is 5.92 Å². The van der Waals surface area contributed by atoms with E-state index in [1.54, 1.807) is 0 Å². The lowest BCUT2D eigenvalue weighted by Crippen LogP contribution is -2.67. The standard InChI is InChI=1S/C22H30O2Si/c1-21(2,3)25(19-11-7-5-8-12-19,20-13-9-6-10-14-20)24-17-18-15-22(4,23)16-18/h5-14,18,23H,15-17H2,1-4H3/t18-,22-.